The molecule has 2 aliphatic rings. The molecule has 4 aromatic carbocycles. The Morgan fingerprint density at radius 1 is 0.750 bits per heavy atom. The first-order valence-corrected chi connectivity index (χ1v) is 12.9. The van der Waals surface area contributed by atoms with Gasteiger partial charge >= 0.3 is 0 Å². The molecule has 2 heteroatoms. The number of hydrogen-bond acceptors (Lipinski definition) is 1. The monoisotopic (exact) mass is 469 g/mol. The first-order valence-electron chi connectivity index (χ1n) is 12.9. The summed E-state index contributed by atoms with van der Waals surface area (Å²) in [5.74, 6) is 0. The fraction of sp³-hybridized carbons (Fsp3) is 0.235. The van der Waals surface area contributed by atoms with Crippen molar-refractivity contribution >= 4 is 44.3 Å². The average molecular weight is 470 g/mol. The molecule has 6 rings (SSSR count). The second-order valence-electron chi connectivity index (χ2n) is 11.1. The van der Waals surface area contributed by atoms with Gasteiger partial charge in [-0.1, -0.05) is 92.7 Å². The summed E-state index contributed by atoms with van der Waals surface area (Å²) in [5, 5.41) is 5.15. The lowest BCUT2D eigenvalue weighted by Gasteiger charge is -2.21. The minimum absolute atomic E-state index is 0.0570. The molecule has 2 nitrogen and oxygen atoms in total. The third-order valence-corrected chi connectivity index (χ3v) is 8.25. The molecule has 0 saturated heterocycles. The highest BCUT2D eigenvalue weighted by Gasteiger charge is 2.44. The third kappa shape index (κ3) is 3.32. The molecular formula is C34H33N2+. The number of benzene rings is 4. The summed E-state index contributed by atoms with van der Waals surface area (Å²) >= 11 is 0. The van der Waals surface area contributed by atoms with Gasteiger partial charge in [-0.25, -0.2) is 0 Å². The Hall–Kier alpha value is -3.78. The van der Waals surface area contributed by atoms with Gasteiger partial charge in [0.05, 0.1) is 11.1 Å². The Labute approximate surface area is 214 Å². The van der Waals surface area contributed by atoms with Crippen LogP contribution < -0.4 is 0 Å². The summed E-state index contributed by atoms with van der Waals surface area (Å²) in [7, 11) is 2.18. The van der Waals surface area contributed by atoms with E-state index >= 15 is 0 Å². The Morgan fingerprint density at radius 3 is 2.19 bits per heavy atom. The van der Waals surface area contributed by atoms with Crippen LogP contribution in [0.5, 0.6) is 0 Å². The number of hydrogen-bond donors (Lipinski definition) is 0. The van der Waals surface area contributed by atoms with E-state index in [4.69, 9.17) is 4.99 Å². The molecular weight excluding hydrogens is 436 g/mol. The van der Waals surface area contributed by atoms with E-state index in [-0.39, 0.29) is 10.8 Å². The third-order valence-electron chi connectivity index (χ3n) is 8.25. The van der Waals surface area contributed by atoms with E-state index in [1.165, 1.54) is 49.8 Å². The topological polar surface area (TPSA) is 15.4 Å². The van der Waals surface area contributed by atoms with Crippen LogP contribution in [0.15, 0.2) is 102 Å². The summed E-state index contributed by atoms with van der Waals surface area (Å²) < 4.78 is 2.35. The van der Waals surface area contributed by atoms with E-state index in [2.05, 4.69) is 136 Å². The zero-order valence-electron chi connectivity index (χ0n) is 21.8. The van der Waals surface area contributed by atoms with Crippen molar-refractivity contribution in [1.29, 1.82) is 0 Å². The molecule has 178 valence electrons. The average Bonchev–Trinajstić information content (AvgIpc) is 3.25. The van der Waals surface area contributed by atoms with Crippen LogP contribution in [-0.4, -0.2) is 23.0 Å². The number of rotatable bonds is 4. The fourth-order valence-corrected chi connectivity index (χ4v) is 6.21. The van der Waals surface area contributed by atoms with Crippen molar-refractivity contribution < 1.29 is 4.58 Å². The van der Waals surface area contributed by atoms with Crippen LogP contribution in [0.4, 0.5) is 11.4 Å². The Morgan fingerprint density at radius 2 is 1.42 bits per heavy atom. The summed E-state index contributed by atoms with van der Waals surface area (Å²) in [6, 6.07) is 26.3. The minimum atomic E-state index is -0.0600. The number of allylic oxidation sites excluding steroid dienone is 4. The summed E-state index contributed by atoms with van der Waals surface area (Å²) in [6.45, 7) is 9.26. The summed E-state index contributed by atoms with van der Waals surface area (Å²) in [4.78, 5) is 5.13. The van der Waals surface area contributed by atoms with Gasteiger partial charge in [-0.15, -0.1) is 0 Å². The van der Waals surface area contributed by atoms with Gasteiger partial charge in [0.15, 0.2) is 5.71 Å². The molecule has 0 fully saturated rings. The fourth-order valence-electron chi connectivity index (χ4n) is 6.21. The van der Waals surface area contributed by atoms with Crippen molar-refractivity contribution in [3.8, 4) is 0 Å². The predicted octanol–water partition coefficient (Wildman–Crippen LogP) is 8.57. The van der Waals surface area contributed by atoms with Crippen molar-refractivity contribution in [2.24, 2.45) is 4.99 Å². The van der Waals surface area contributed by atoms with Crippen LogP contribution in [-0.2, 0) is 10.8 Å². The minimum Gasteiger partial charge on any atom is -0.256 e. The van der Waals surface area contributed by atoms with Crippen molar-refractivity contribution in [1.82, 2.24) is 0 Å². The zero-order chi connectivity index (χ0) is 25.1. The van der Waals surface area contributed by atoms with Crippen LogP contribution in [0.2, 0.25) is 0 Å². The lowest BCUT2D eigenvalue weighted by Crippen LogP contribution is -2.26. The second kappa shape index (κ2) is 8.13. The van der Waals surface area contributed by atoms with Crippen LogP contribution in [0.25, 0.3) is 21.5 Å². The van der Waals surface area contributed by atoms with Crippen LogP contribution in [0, 0.1) is 0 Å². The Bertz CT molecular complexity index is 1660. The molecule has 4 aromatic rings. The molecule has 0 amide bonds. The quantitative estimate of drug-likeness (QED) is 0.210. The molecule has 0 radical (unpaired) electrons. The van der Waals surface area contributed by atoms with E-state index in [0.717, 1.165) is 12.1 Å². The molecule has 36 heavy (non-hydrogen) atoms. The highest BCUT2D eigenvalue weighted by atomic mass is 15.0. The van der Waals surface area contributed by atoms with Crippen molar-refractivity contribution in [3.63, 3.8) is 0 Å². The first-order chi connectivity index (χ1) is 17.3. The number of aliphatic imine (C=N–C) groups is 1. The maximum absolute atomic E-state index is 5.13. The number of fused-ring (bicyclic) bond motifs is 6. The van der Waals surface area contributed by atoms with Crippen LogP contribution in [0.1, 0.15) is 45.2 Å². The molecule has 0 saturated carbocycles. The Kier molecular flexibility index (Phi) is 5.12. The maximum atomic E-state index is 5.13. The highest BCUT2D eigenvalue weighted by molar-refractivity contribution is 6.09. The highest BCUT2D eigenvalue weighted by Crippen LogP contribution is 2.45. The predicted molar refractivity (Wildman–Crippen MR) is 155 cm³/mol. The van der Waals surface area contributed by atoms with E-state index in [0.29, 0.717) is 0 Å². The van der Waals surface area contributed by atoms with Gasteiger partial charge in [0.2, 0.25) is 5.69 Å². The molecule has 0 spiro atoms. The SMILES string of the molecule is C[N+]1=C(C=CC=CCC2=Nc3c(ccc4ccccc34)C2(C)C)C(C)(C)c2c1ccc1ccccc21. The van der Waals surface area contributed by atoms with Crippen molar-refractivity contribution in [2.45, 2.75) is 44.9 Å². The first kappa shape index (κ1) is 22.7. The zero-order valence-corrected chi connectivity index (χ0v) is 21.8. The van der Waals surface area contributed by atoms with Gasteiger partial charge < -0.3 is 0 Å². The maximum Gasteiger partial charge on any atom is 0.210 e. The van der Waals surface area contributed by atoms with Crippen molar-refractivity contribution in [3.05, 3.63) is 108 Å². The van der Waals surface area contributed by atoms with Crippen LogP contribution in [0.3, 0.4) is 0 Å². The van der Waals surface area contributed by atoms with Gasteiger partial charge in [0, 0.05) is 40.6 Å². The van der Waals surface area contributed by atoms with Gasteiger partial charge in [0.25, 0.3) is 0 Å². The molecule has 0 aliphatic carbocycles. The summed E-state index contributed by atoms with van der Waals surface area (Å²) in [6.07, 6.45) is 9.73. The van der Waals surface area contributed by atoms with E-state index in [9.17, 15) is 0 Å². The molecule has 0 N–H and O–H groups in total. The molecule has 2 heterocycles. The molecule has 0 aromatic heterocycles. The van der Waals surface area contributed by atoms with Crippen LogP contribution >= 0.6 is 0 Å². The number of nitrogens with zero attached hydrogens (tertiary/aromatic N) is 2. The van der Waals surface area contributed by atoms with Gasteiger partial charge in [-0.3, -0.25) is 4.99 Å². The second-order valence-corrected chi connectivity index (χ2v) is 11.1. The van der Waals surface area contributed by atoms with Gasteiger partial charge in [0.1, 0.15) is 7.05 Å². The van der Waals surface area contributed by atoms with E-state index in [1.54, 1.807) is 0 Å². The normalized spacial score (nSPS) is 18.0. The largest absolute Gasteiger partial charge is 0.256 e. The molecule has 0 atom stereocenters. The lowest BCUT2D eigenvalue weighted by atomic mass is 9.79. The summed E-state index contributed by atoms with van der Waals surface area (Å²) in [5.41, 5.74) is 7.61. The van der Waals surface area contributed by atoms with E-state index in [1.807, 2.05) is 0 Å². The molecule has 2 aliphatic heterocycles. The van der Waals surface area contributed by atoms with Crippen molar-refractivity contribution in [2.75, 3.05) is 7.05 Å². The van der Waals surface area contributed by atoms with E-state index < -0.39 is 0 Å². The Balaban J connectivity index is 1.25. The molecule has 0 bridgehead atoms. The standard InChI is InChI=1S/C34H33N2/c1-33(2)27-21-19-24-14-10-12-16-26(24)32(27)35-29(33)17-7-6-8-18-30-34(3,4)31-25-15-11-9-13-23(25)20-22-28(31)36(30)5/h6-16,18-22H,17H2,1-5H3/q+1. The smallest absolute Gasteiger partial charge is 0.210 e. The molecule has 0 unspecified atom stereocenters. The lowest BCUT2D eigenvalue weighted by molar-refractivity contribution is -0.401. The van der Waals surface area contributed by atoms with Gasteiger partial charge in [-0.2, -0.15) is 4.58 Å². The van der Waals surface area contributed by atoms with Gasteiger partial charge in [-0.05, 0) is 41.6 Å².